The number of benzene rings is 2. The molecule has 2 aromatic rings. The van der Waals surface area contributed by atoms with Crippen LogP contribution in [-0.2, 0) is 11.9 Å². The molecule has 4 heteroatoms. The van der Waals surface area contributed by atoms with Crippen molar-refractivity contribution in [2.24, 2.45) is 0 Å². The molecule has 0 spiro atoms. The van der Waals surface area contributed by atoms with E-state index in [0.29, 0.717) is 0 Å². The van der Waals surface area contributed by atoms with E-state index in [2.05, 4.69) is 68.1 Å². The molecule has 0 bridgehead atoms. The van der Waals surface area contributed by atoms with Crippen LogP contribution in [0.5, 0.6) is 5.75 Å². The number of hydrogen-bond donors (Lipinski definition) is 0. The summed E-state index contributed by atoms with van der Waals surface area (Å²) >= 11 is 7.07. The largest absolute Gasteiger partial charge is 0.496 e. The number of ether oxygens (including phenoxy) is 1. The van der Waals surface area contributed by atoms with Crippen molar-refractivity contribution >= 4 is 37.5 Å². The van der Waals surface area contributed by atoms with Gasteiger partial charge >= 0.3 is 0 Å². The number of rotatable bonds is 5. The van der Waals surface area contributed by atoms with Gasteiger partial charge in [0.2, 0.25) is 0 Å². The molecule has 2 nitrogen and oxygen atoms in total. The first-order valence-corrected chi connectivity index (χ1v) is 8.24. The molecule has 0 atom stereocenters. The van der Waals surface area contributed by atoms with Crippen molar-refractivity contribution in [1.29, 1.82) is 0 Å². The Morgan fingerprint density at radius 3 is 2.55 bits per heavy atom. The van der Waals surface area contributed by atoms with Crippen LogP contribution in [0.25, 0.3) is 0 Å². The summed E-state index contributed by atoms with van der Waals surface area (Å²) in [6.45, 7) is 0.811. The summed E-state index contributed by atoms with van der Waals surface area (Å²) in [5.41, 5.74) is 3.66. The Morgan fingerprint density at radius 1 is 1.10 bits per heavy atom. The van der Waals surface area contributed by atoms with Gasteiger partial charge in [-0.15, -0.1) is 0 Å². The minimum Gasteiger partial charge on any atom is -0.496 e. The number of alkyl halides is 1. The molecule has 2 rings (SSSR count). The first-order valence-electron chi connectivity index (χ1n) is 6.33. The fourth-order valence-electron chi connectivity index (χ4n) is 2.21. The summed E-state index contributed by atoms with van der Waals surface area (Å²) in [6, 6.07) is 14.5. The van der Waals surface area contributed by atoms with Crippen molar-refractivity contribution in [3.8, 4) is 5.75 Å². The summed E-state index contributed by atoms with van der Waals surface area (Å²) in [5, 5.41) is 0.831. The van der Waals surface area contributed by atoms with Crippen LogP contribution in [0.3, 0.4) is 0 Å². The summed E-state index contributed by atoms with van der Waals surface area (Å²) in [7, 11) is 3.81. The maximum Gasteiger partial charge on any atom is 0.123 e. The Kier molecular flexibility index (Phi) is 5.49. The molecule has 0 unspecified atom stereocenters. The van der Waals surface area contributed by atoms with Crippen molar-refractivity contribution in [3.05, 3.63) is 58.1 Å². The highest BCUT2D eigenvalue weighted by Crippen LogP contribution is 2.28. The Bertz CT molecular complexity index is 586. The molecule has 0 aliphatic rings. The highest BCUT2D eigenvalue weighted by molar-refractivity contribution is 9.10. The van der Waals surface area contributed by atoms with Gasteiger partial charge in [0.25, 0.3) is 0 Å². The average molecular weight is 399 g/mol. The van der Waals surface area contributed by atoms with Gasteiger partial charge in [-0.2, -0.15) is 0 Å². The van der Waals surface area contributed by atoms with Gasteiger partial charge in [0.1, 0.15) is 5.75 Å². The quantitative estimate of drug-likeness (QED) is 0.658. The fraction of sp³-hybridized carbons (Fsp3) is 0.250. The van der Waals surface area contributed by atoms with Crippen molar-refractivity contribution in [1.82, 2.24) is 0 Å². The average Bonchev–Trinajstić information content (AvgIpc) is 2.47. The molecule has 0 radical (unpaired) electrons. The van der Waals surface area contributed by atoms with E-state index in [-0.39, 0.29) is 0 Å². The molecule has 2 aromatic carbocycles. The Balaban J connectivity index is 2.26. The maximum atomic E-state index is 5.41. The maximum absolute atomic E-state index is 5.41. The van der Waals surface area contributed by atoms with Gasteiger partial charge in [0.05, 0.1) is 7.11 Å². The van der Waals surface area contributed by atoms with Gasteiger partial charge < -0.3 is 9.64 Å². The Morgan fingerprint density at radius 2 is 1.85 bits per heavy atom. The molecule has 0 heterocycles. The van der Waals surface area contributed by atoms with E-state index in [1.807, 2.05) is 18.2 Å². The predicted molar refractivity (Wildman–Crippen MR) is 91.9 cm³/mol. The Labute approximate surface area is 137 Å². The number of anilines is 1. The van der Waals surface area contributed by atoms with Gasteiger partial charge in [-0.1, -0.05) is 50.1 Å². The van der Waals surface area contributed by atoms with E-state index < -0.39 is 0 Å². The van der Waals surface area contributed by atoms with Crippen molar-refractivity contribution < 1.29 is 4.74 Å². The van der Waals surface area contributed by atoms with E-state index in [1.165, 1.54) is 16.8 Å². The van der Waals surface area contributed by atoms with Crippen LogP contribution in [0, 0.1) is 0 Å². The molecule has 106 valence electrons. The zero-order chi connectivity index (χ0) is 14.5. The topological polar surface area (TPSA) is 12.5 Å². The minimum atomic E-state index is 0.811. The first-order chi connectivity index (χ1) is 9.65. The van der Waals surface area contributed by atoms with Crippen LogP contribution >= 0.6 is 31.9 Å². The van der Waals surface area contributed by atoms with Crippen LogP contribution in [-0.4, -0.2) is 14.2 Å². The van der Waals surface area contributed by atoms with Gasteiger partial charge in [-0.05, 0) is 29.8 Å². The molecular weight excluding hydrogens is 382 g/mol. The second-order valence-corrected chi connectivity index (χ2v) is 6.05. The molecule has 0 aromatic heterocycles. The minimum absolute atomic E-state index is 0.811. The van der Waals surface area contributed by atoms with Crippen LogP contribution in [0.4, 0.5) is 5.69 Å². The van der Waals surface area contributed by atoms with Gasteiger partial charge in [0, 0.05) is 34.6 Å². The van der Waals surface area contributed by atoms with Gasteiger partial charge in [-0.25, -0.2) is 0 Å². The molecule has 0 aliphatic heterocycles. The highest BCUT2D eigenvalue weighted by atomic mass is 79.9. The third kappa shape index (κ3) is 3.55. The van der Waals surface area contributed by atoms with Crippen molar-refractivity contribution in [2.75, 3.05) is 19.1 Å². The van der Waals surface area contributed by atoms with Crippen molar-refractivity contribution in [3.63, 3.8) is 0 Å². The number of methoxy groups -OCH3 is 1. The zero-order valence-corrected chi connectivity index (χ0v) is 14.7. The third-order valence-electron chi connectivity index (χ3n) is 3.20. The standard InChI is InChI=1S/C16H17Br2NO/c1-19(11-12-5-3-4-6-16(12)20-2)15-8-7-14(18)9-13(15)10-17/h3-9H,10-11H2,1-2H3. The highest BCUT2D eigenvalue weighted by Gasteiger charge is 2.10. The molecular formula is C16H17Br2NO. The lowest BCUT2D eigenvalue weighted by Gasteiger charge is -2.23. The summed E-state index contributed by atoms with van der Waals surface area (Å²) in [6.07, 6.45) is 0. The summed E-state index contributed by atoms with van der Waals surface area (Å²) < 4.78 is 6.51. The first kappa shape index (κ1) is 15.4. The lowest BCUT2D eigenvalue weighted by molar-refractivity contribution is 0.409. The van der Waals surface area contributed by atoms with E-state index in [4.69, 9.17) is 4.74 Å². The second-order valence-electron chi connectivity index (χ2n) is 4.57. The monoisotopic (exact) mass is 397 g/mol. The van der Waals surface area contributed by atoms with E-state index >= 15 is 0 Å². The zero-order valence-electron chi connectivity index (χ0n) is 11.6. The molecule has 0 aliphatic carbocycles. The SMILES string of the molecule is COc1ccccc1CN(C)c1ccc(Br)cc1CBr. The van der Waals surface area contributed by atoms with Crippen LogP contribution in [0.15, 0.2) is 46.9 Å². The number of nitrogens with zero attached hydrogens (tertiary/aromatic N) is 1. The molecule has 0 saturated heterocycles. The van der Waals surface area contributed by atoms with Crippen LogP contribution < -0.4 is 9.64 Å². The van der Waals surface area contributed by atoms with Crippen molar-refractivity contribution in [2.45, 2.75) is 11.9 Å². The lowest BCUT2D eigenvalue weighted by atomic mass is 10.1. The van der Waals surface area contributed by atoms with Crippen LogP contribution in [0.2, 0.25) is 0 Å². The fourth-order valence-corrected chi connectivity index (χ4v) is 3.07. The number of hydrogen-bond acceptors (Lipinski definition) is 2. The van der Waals surface area contributed by atoms with Gasteiger partial charge in [0.15, 0.2) is 0 Å². The van der Waals surface area contributed by atoms with Gasteiger partial charge in [-0.3, -0.25) is 0 Å². The molecule has 0 saturated carbocycles. The molecule has 20 heavy (non-hydrogen) atoms. The molecule has 0 fully saturated rings. The van der Waals surface area contributed by atoms with Crippen LogP contribution in [0.1, 0.15) is 11.1 Å². The Hall–Kier alpha value is -1.000. The smallest absolute Gasteiger partial charge is 0.123 e. The predicted octanol–water partition coefficient (Wildman–Crippen LogP) is 4.99. The molecule has 0 amide bonds. The van der Waals surface area contributed by atoms with E-state index in [9.17, 15) is 0 Å². The summed E-state index contributed by atoms with van der Waals surface area (Å²) in [5.74, 6) is 0.928. The second kappa shape index (κ2) is 7.14. The van der Waals surface area contributed by atoms with E-state index in [0.717, 1.165) is 22.1 Å². The van der Waals surface area contributed by atoms with E-state index in [1.54, 1.807) is 7.11 Å². The summed E-state index contributed by atoms with van der Waals surface area (Å²) in [4.78, 5) is 2.24. The lowest BCUT2D eigenvalue weighted by Crippen LogP contribution is -2.18. The number of halogens is 2. The third-order valence-corrected chi connectivity index (χ3v) is 4.29. The normalized spacial score (nSPS) is 10.4. The number of para-hydroxylation sites is 1. The molecule has 0 N–H and O–H groups in total.